The number of anilines is 1. The summed E-state index contributed by atoms with van der Waals surface area (Å²) in [6.07, 6.45) is -3.75. The van der Waals surface area contributed by atoms with Gasteiger partial charge in [0.2, 0.25) is 5.88 Å². The SMILES string of the molecule is COc1ccc(C2(O)CCN(c3ccc(OC)nc3-c3ccc(OC(F)(F)F)cc3)CC2)cc1. The number of alkyl halides is 3. The fourth-order valence-electron chi connectivity index (χ4n) is 4.14. The van der Waals surface area contributed by atoms with E-state index in [1.807, 2.05) is 30.3 Å². The van der Waals surface area contributed by atoms with E-state index in [2.05, 4.69) is 14.6 Å². The van der Waals surface area contributed by atoms with Crippen molar-refractivity contribution in [3.63, 3.8) is 0 Å². The summed E-state index contributed by atoms with van der Waals surface area (Å²) in [4.78, 5) is 6.66. The van der Waals surface area contributed by atoms with Gasteiger partial charge in [0.1, 0.15) is 11.5 Å². The Kier molecular flexibility index (Phi) is 6.56. The molecule has 9 heteroatoms. The lowest BCUT2D eigenvalue weighted by molar-refractivity contribution is -0.274. The highest BCUT2D eigenvalue weighted by Crippen LogP contribution is 2.39. The molecule has 180 valence electrons. The Morgan fingerprint density at radius 3 is 2.03 bits per heavy atom. The van der Waals surface area contributed by atoms with Gasteiger partial charge in [0.15, 0.2) is 0 Å². The third-order valence-electron chi connectivity index (χ3n) is 5.98. The van der Waals surface area contributed by atoms with Crippen molar-refractivity contribution in [2.75, 3.05) is 32.2 Å². The van der Waals surface area contributed by atoms with Crippen molar-refractivity contribution in [1.82, 2.24) is 4.98 Å². The van der Waals surface area contributed by atoms with Crippen LogP contribution in [0.3, 0.4) is 0 Å². The molecule has 1 fully saturated rings. The molecule has 1 saturated heterocycles. The molecule has 2 aromatic carbocycles. The number of ether oxygens (including phenoxy) is 3. The van der Waals surface area contributed by atoms with E-state index in [0.717, 1.165) is 17.0 Å². The molecule has 34 heavy (non-hydrogen) atoms. The topological polar surface area (TPSA) is 64.1 Å². The van der Waals surface area contributed by atoms with Crippen molar-refractivity contribution in [2.45, 2.75) is 24.8 Å². The average molecular weight is 474 g/mol. The van der Waals surface area contributed by atoms with Gasteiger partial charge in [-0.15, -0.1) is 13.2 Å². The van der Waals surface area contributed by atoms with Crippen LogP contribution in [0.1, 0.15) is 18.4 Å². The molecule has 0 amide bonds. The van der Waals surface area contributed by atoms with Crippen LogP contribution in [0.25, 0.3) is 11.3 Å². The molecule has 0 unspecified atom stereocenters. The first-order chi connectivity index (χ1) is 16.2. The summed E-state index contributed by atoms with van der Waals surface area (Å²) < 4.78 is 52.0. The number of pyridine rings is 1. The Morgan fingerprint density at radius 2 is 1.47 bits per heavy atom. The van der Waals surface area contributed by atoms with Crippen LogP contribution in [-0.4, -0.2) is 43.8 Å². The predicted octanol–water partition coefficient (Wildman–Crippen LogP) is 5.15. The third kappa shape index (κ3) is 5.20. The predicted molar refractivity (Wildman–Crippen MR) is 121 cm³/mol. The summed E-state index contributed by atoms with van der Waals surface area (Å²) in [6, 6.07) is 16.6. The van der Waals surface area contributed by atoms with E-state index in [1.54, 1.807) is 13.2 Å². The van der Waals surface area contributed by atoms with Crippen LogP contribution in [0, 0.1) is 0 Å². The van der Waals surface area contributed by atoms with E-state index in [-0.39, 0.29) is 5.75 Å². The van der Waals surface area contributed by atoms with Gasteiger partial charge < -0.3 is 24.2 Å². The molecule has 0 atom stereocenters. The van der Waals surface area contributed by atoms with E-state index in [4.69, 9.17) is 9.47 Å². The molecule has 1 N–H and O–H groups in total. The molecule has 3 aromatic rings. The Balaban J connectivity index is 1.57. The fourth-order valence-corrected chi connectivity index (χ4v) is 4.14. The number of benzene rings is 2. The second kappa shape index (κ2) is 9.42. The summed E-state index contributed by atoms with van der Waals surface area (Å²) >= 11 is 0. The summed E-state index contributed by atoms with van der Waals surface area (Å²) in [5.41, 5.74) is 1.88. The third-order valence-corrected chi connectivity index (χ3v) is 5.98. The number of hydrogen-bond acceptors (Lipinski definition) is 6. The zero-order chi connectivity index (χ0) is 24.3. The first-order valence-electron chi connectivity index (χ1n) is 10.7. The van der Waals surface area contributed by atoms with Gasteiger partial charge in [0.05, 0.1) is 31.2 Å². The Morgan fingerprint density at radius 1 is 0.853 bits per heavy atom. The monoisotopic (exact) mass is 474 g/mol. The Bertz CT molecular complexity index is 1110. The first kappa shape index (κ1) is 23.7. The quantitative estimate of drug-likeness (QED) is 0.533. The van der Waals surface area contributed by atoms with E-state index in [1.165, 1.54) is 31.4 Å². The van der Waals surface area contributed by atoms with Gasteiger partial charge in [-0.1, -0.05) is 12.1 Å². The molecule has 1 aliphatic heterocycles. The molecule has 0 saturated carbocycles. The van der Waals surface area contributed by atoms with Crippen LogP contribution < -0.4 is 19.1 Å². The van der Waals surface area contributed by atoms with Crippen molar-refractivity contribution in [3.8, 4) is 28.6 Å². The number of halogens is 3. The van der Waals surface area contributed by atoms with Gasteiger partial charge in [0, 0.05) is 24.7 Å². The maximum atomic E-state index is 12.5. The van der Waals surface area contributed by atoms with Gasteiger partial charge in [-0.2, -0.15) is 0 Å². The highest BCUT2D eigenvalue weighted by molar-refractivity contribution is 5.76. The summed E-state index contributed by atoms with van der Waals surface area (Å²) in [6.45, 7) is 1.14. The van der Waals surface area contributed by atoms with Gasteiger partial charge >= 0.3 is 6.36 Å². The molecule has 1 aromatic heterocycles. The van der Waals surface area contributed by atoms with Gasteiger partial charge in [-0.05, 0) is 60.9 Å². The number of hydrogen-bond donors (Lipinski definition) is 1. The minimum Gasteiger partial charge on any atom is -0.497 e. The summed E-state index contributed by atoms with van der Waals surface area (Å²) in [5.74, 6) is 0.815. The van der Waals surface area contributed by atoms with E-state index in [0.29, 0.717) is 43.1 Å². The normalized spacial score (nSPS) is 15.6. The first-order valence-corrected chi connectivity index (χ1v) is 10.7. The second-order valence-corrected chi connectivity index (χ2v) is 8.04. The maximum Gasteiger partial charge on any atom is 0.573 e. The minimum atomic E-state index is -4.75. The maximum absolute atomic E-state index is 12.5. The Labute approximate surface area is 195 Å². The number of aliphatic hydroxyl groups is 1. The number of nitrogens with zero attached hydrogens (tertiary/aromatic N) is 2. The molecule has 0 spiro atoms. The van der Waals surface area contributed by atoms with E-state index < -0.39 is 12.0 Å². The van der Waals surface area contributed by atoms with Crippen molar-refractivity contribution < 1.29 is 32.5 Å². The number of rotatable bonds is 6. The van der Waals surface area contributed by atoms with Crippen LogP contribution in [-0.2, 0) is 5.60 Å². The smallest absolute Gasteiger partial charge is 0.497 e. The van der Waals surface area contributed by atoms with Crippen molar-refractivity contribution >= 4 is 5.69 Å². The van der Waals surface area contributed by atoms with E-state index >= 15 is 0 Å². The van der Waals surface area contributed by atoms with Crippen LogP contribution in [0.5, 0.6) is 17.4 Å². The lowest BCUT2D eigenvalue weighted by atomic mass is 9.84. The lowest BCUT2D eigenvalue weighted by Crippen LogP contribution is -2.42. The summed E-state index contributed by atoms with van der Waals surface area (Å²) in [7, 11) is 3.10. The zero-order valence-corrected chi connectivity index (χ0v) is 18.8. The van der Waals surface area contributed by atoms with Crippen molar-refractivity contribution in [2.24, 2.45) is 0 Å². The van der Waals surface area contributed by atoms with Crippen molar-refractivity contribution in [1.29, 1.82) is 0 Å². The van der Waals surface area contributed by atoms with Gasteiger partial charge in [0.25, 0.3) is 0 Å². The molecular weight excluding hydrogens is 449 g/mol. The Hall–Kier alpha value is -3.46. The number of piperidine rings is 1. The molecule has 0 aliphatic carbocycles. The summed E-state index contributed by atoms with van der Waals surface area (Å²) in [5, 5.41) is 11.3. The minimum absolute atomic E-state index is 0.303. The number of aromatic nitrogens is 1. The molecule has 0 radical (unpaired) electrons. The van der Waals surface area contributed by atoms with Gasteiger partial charge in [-0.3, -0.25) is 0 Å². The molecular formula is C25H25F3N2O4. The van der Waals surface area contributed by atoms with Gasteiger partial charge in [-0.25, -0.2) is 4.98 Å². The van der Waals surface area contributed by atoms with Crippen LogP contribution in [0.15, 0.2) is 60.7 Å². The highest BCUT2D eigenvalue weighted by Gasteiger charge is 2.35. The van der Waals surface area contributed by atoms with E-state index in [9.17, 15) is 18.3 Å². The highest BCUT2D eigenvalue weighted by atomic mass is 19.4. The molecule has 6 nitrogen and oxygen atoms in total. The zero-order valence-electron chi connectivity index (χ0n) is 18.8. The second-order valence-electron chi connectivity index (χ2n) is 8.04. The largest absolute Gasteiger partial charge is 0.573 e. The fraction of sp³-hybridized carbons (Fsp3) is 0.320. The van der Waals surface area contributed by atoms with Crippen LogP contribution in [0.2, 0.25) is 0 Å². The molecule has 2 heterocycles. The lowest BCUT2D eigenvalue weighted by Gasteiger charge is -2.40. The average Bonchev–Trinajstić information content (AvgIpc) is 2.84. The standard InChI is InChI=1S/C25H25F3N2O4/c1-32-19-9-5-18(6-10-19)24(31)13-15-30(16-14-24)21-11-12-22(33-2)29-23(21)17-3-7-20(8-4-17)34-25(26,27)28/h3-12,31H,13-16H2,1-2H3. The number of methoxy groups -OCH3 is 2. The molecule has 1 aliphatic rings. The molecule has 4 rings (SSSR count). The van der Waals surface area contributed by atoms with Crippen molar-refractivity contribution in [3.05, 3.63) is 66.2 Å². The molecule has 0 bridgehead atoms. The van der Waals surface area contributed by atoms with Crippen LogP contribution in [0.4, 0.5) is 18.9 Å². The van der Waals surface area contributed by atoms with Crippen LogP contribution >= 0.6 is 0 Å².